The van der Waals surface area contributed by atoms with E-state index in [0.717, 1.165) is 10.5 Å². The molecule has 23 heavy (non-hydrogen) atoms. The summed E-state index contributed by atoms with van der Waals surface area (Å²) in [6.07, 6.45) is 4.06. The van der Waals surface area contributed by atoms with Crippen molar-refractivity contribution in [2.45, 2.75) is 5.03 Å². The molecule has 1 aromatic heterocycles. The number of nitrogens with zero attached hydrogens (tertiary/aromatic N) is 1. The summed E-state index contributed by atoms with van der Waals surface area (Å²) in [5.74, 6) is 6.38. The van der Waals surface area contributed by atoms with Gasteiger partial charge in [-0.2, -0.15) is 0 Å². The van der Waals surface area contributed by atoms with Gasteiger partial charge in [-0.3, -0.25) is 0 Å². The molecule has 0 radical (unpaired) electrons. The van der Waals surface area contributed by atoms with Crippen LogP contribution in [0.2, 0.25) is 0 Å². The van der Waals surface area contributed by atoms with E-state index >= 15 is 0 Å². The maximum absolute atomic E-state index is 3.19. The van der Waals surface area contributed by atoms with E-state index in [4.69, 9.17) is 0 Å². The monoisotopic (exact) mass is 315 g/mol. The number of aromatic nitrogens is 1. The third-order valence-electron chi connectivity index (χ3n) is 3.36. The van der Waals surface area contributed by atoms with Crippen molar-refractivity contribution in [2.75, 3.05) is 0 Å². The van der Waals surface area contributed by atoms with Crippen LogP contribution in [0.25, 0.3) is 4.91 Å². The molecule has 0 saturated heterocycles. The van der Waals surface area contributed by atoms with Crippen LogP contribution in [-0.2, 0) is 7.05 Å². The van der Waals surface area contributed by atoms with Crippen molar-refractivity contribution >= 4 is 16.7 Å². The van der Waals surface area contributed by atoms with Crippen LogP contribution in [0.3, 0.4) is 0 Å². The van der Waals surface area contributed by atoms with Gasteiger partial charge < -0.3 is 4.57 Å². The lowest BCUT2D eigenvalue weighted by atomic mass is 10.2. The van der Waals surface area contributed by atoms with Gasteiger partial charge in [0.25, 0.3) is 0 Å². The van der Waals surface area contributed by atoms with Crippen molar-refractivity contribution in [3.05, 3.63) is 96.2 Å². The molecule has 3 rings (SSSR count). The highest BCUT2D eigenvalue weighted by atomic mass is 32.2. The predicted octanol–water partition coefficient (Wildman–Crippen LogP) is 5.21. The third kappa shape index (κ3) is 4.18. The van der Waals surface area contributed by atoms with Gasteiger partial charge in [0.2, 0.25) is 0 Å². The standard InChI is InChI=1S/C21H17NS/c1-22-17-9-16-21(22)23-20(19-13-6-3-7-14-19)15-8-12-18-10-4-2-5-11-18/h2-7,9-11,13-17H,1H3/b20-15+. The van der Waals surface area contributed by atoms with Crippen LogP contribution in [0.4, 0.5) is 0 Å². The maximum Gasteiger partial charge on any atom is 0.0794 e. The molecule has 0 aliphatic rings. The summed E-state index contributed by atoms with van der Waals surface area (Å²) in [6.45, 7) is 0. The molecule has 2 heteroatoms. The fourth-order valence-corrected chi connectivity index (χ4v) is 3.09. The lowest BCUT2D eigenvalue weighted by Crippen LogP contribution is -1.87. The summed E-state index contributed by atoms with van der Waals surface area (Å²) in [5, 5.41) is 1.20. The second kappa shape index (κ2) is 7.58. The Morgan fingerprint density at radius 1 is 0.913 bits per heavy atom. The number of rotatable bonds is 3. The van der Waals surface area contributed by atoms with Crippen LogP contribution in [0.1, 0.15) is 11.1 Å². The van der Waals surface area contributed by atoms with Crippen LogP contribution >= 0.6 is 11.8 Å². The molecule has 2 aromatic carbocycles. The van der Waals surface area contributed by atoms with E-state index in [1.807, 2.05) is 42.5 Å². The molecule has 0 atom stereocenters. The Morgan fingerprint density at radius 3 is 2.26 bits per heavy atom. The van der Waals surface area contributed by atoms with Crippen molar-refractivity contribution in [1.29, 1.82) is 0 Å². The van der Waals surface area contributed by atoms with Gasteiger partial charge in [0.1, 0.15) is 0 Å². The van der Waals surface area contributed by atoms with Gasteiger partial charge in [-0.25, -0.2) is 0 Å². The molecule has 3 aromatic rings. The Labute approximate surface area is 141 Å². The maximum atomic E-state index is 3.19. The molecule has 0 spiro atoms. The van der Waals surface area contributed by atoms with E-state index < -0.39 is 0 Å². The van der Waals surface area contributed by atoms with E-state index in [2.05, 4.69) is 66.1 Å². The molecular formula is C21H17NS. The minimum Gasteiger partial charge on any atom is -0.346 e. The number of hydrogen-bond acceptors (Lipinski definition) is 1. The van der Waals surface area contributed by atoms with Crippen molar-refractivity contribution < 1.29 is 0 Å². The fraction of sp³-hybridized carbons (Fsp3) is 0.0476. The van der Waals surface area contributed by atoms with E-state index in [9.17, 15) is 0 Å². The summed E-state index contributed by atoms with van der Waals surface area (Å²) in [6, 6.07) is 24.6. The summed E-state index contributed by atoms with van der Waals surface area (Å²) in [5.41, 5.74) is 2.21. The molecule has 1 heterocycles. The minimum absolute atomic E-state index is 1.03. The van der Waals surface area contributed by atoms with Crippen molar-refractivity contribution in [2.24, 2.45) is 7.05 Å². The summed E-state index contributed by atoms with van der Waals surface area (Å²) >= 11 is 1.73. The smallest absolute Gasteiger partial charge is 0.0794 e. The quantitative estimate of drug-likeness (QED) is 0.474. The first-order valence-corrected chi connectivity index (χ1v) is 8.26. The largest absolute Gasteiger partial charge is 0.346 e. The molecule has 0 unspecified atom stereocenters. The highest BCUT2D eigenvalue weighted by molar-refractivity contribution is 8.08. The molecule has 0 saturated carbocycles. The topological polar surface area (TPSA) is 4.93 Å². The van der Waals surface area contributed by atoms with Gasteiger partial charge in [0.15, 0.2) is 0 Å². The second-order valence-corrected chi connectivity index (χ2v) is 6.13. The summed E-state index contributed by atoms with van der Waals surface area (Å²) < 4.78 is 2.12. The van der Waals surface area contributed by atoms with Crippen molar-refractivity contribution in [1.82, 2.24) is 4.57 Å². The predicted molar refractivity (Wildman–Crippen MR) is 99.0 cm³/mol. The van der Waals surface area contributed by atoms with Crippen LogP contribution in [0.15, 0.2) is 90.1 Å². The van der Waals surface area contributed by atoms with Crippen LogP contribution in [-0.4, -0.2) is 4.57 Å². The molecule has 1 nitrogen and oxygen atoms in total. The minimum atomic E-state index is 1.03. The lowest BCUT2D eigenvalue weighted by molar-refractivity contribution is 0.831. The molecule has 0 aliphatic carbocycles. The Morgan fingerprint density at radius 2 is 1.61 bits per heavy atom. The van der Waals surface area contributed by atoms with Gasteiger partial charge in [-0.05, 0) is 29.8 Å². The third-order valence-corrected chi connectivity index (χ3v) is 4.57. The average molecular weight is 315 g/mol. The van der Waals surface area contributed by atoms with Crippen molar-refractivity contribution in [3.8, 4) is 11.8 Å². The molecular weight excluding hydrogens is 298 g/mol. The van der Waals surface area contributed by atoms with Gasteiger partial charge in [-0.1, -0.05) is 72.1 Å². The Kier molecular flexibility index (Phi) is 5.03. The summed E-state index contributed by atoms with van der Waals surface area (Å²) in [7, 11) is 2.06. The highest BCUT2D eigenvalue weighted by Gasteiger charge is 2.05. The van der Waals surface area contributed by atoms with Crippen LogP contribution in [0, 0.1) is 11.8 Å². The van der Waals surface area contributed by atoms with Gasteiger partial charge in [0.05, 0.1) is 5.03 Å². The van der Waals surface area contributed by atoms with E-state index in [1.54, 1.807) is 11.8 Å². The Hall–Kier alpha value is -2.63. The zero-order valence-electron chi connectivity index (χ0n) is 12.9. The molecule has 0 amide bonds. The number of thioether (sulfide) groups is 1. The zero-order chi connectivity index (χ0) is 15.9. The zero-order valence-corrected chi connectivity index (χ0v) is 13.8. The molecule has 112 valence electrons. The first kappa shape index (κ1) is 15.3. The first-order chi connectivity index (χ1) is 11.3. The van der Waals surface area contributed by atoms with E-state index in [0.29, 0.717) is 0 Å². The molecule has 0 bridgehead atoms. The SMILES string of the molecule is Cn1cccc1S/C(=C/C#Cc1ccccc1)c1ccccc1. The number of benzene rings is 2. The van der Waals surface area contributed by atoms with E-state index in [-0.39, 0.29) is 0 Å². The molecule has 0 aliphatic heterocycles. The Bertz CT molecular complexity index is 849. The average Bonchev–Trinajstić information content (AvgIpc) is 3.01. The van der Waals surface area contributed by atoms with Gasteiger partial charge in [-0.15, -0.1) is 0 Å². The molecule has 0 N–H and O–H groups in total. The van der Waals surface area contributed by atoms with Gasteiger partial charge >= 0.3 is 0 Å². The molecule has 0 fully saturated rings. The number of allylic oxidation sites excluding steroid dienone is 1. The second-order valence-electron chi connectivity index (χ2n) is 5.07. The summed E-state index contributed by atoms with van der Waals surface area (Å²) in [4.78, 5) is 1.15. The first-order valence-electron chi connectivity index (χ1n) is 7.44. The number of aryl methyl sites for hydroxylation is 1. The lowest BCUT2D eigenvalue weighted by Gasteiger charge is -2.07. The van der Waals surface area contributed by atoms with Crippen LogP contribution < -0.4 is 0 Å². The Balaban J connectivity index is 1.91. The van der Waals surface area contributed by atoms with Crippen LogP contribution in [0.5, 0.6) is 0 Å². The number of hydrogen-bond donors (Lipinski definition) is 0. The fourth-order valence-electron chi connectivity index (χ4n) is 2.14. The van der Waals surface area contributed by atoms with E-state index in [1.165, 1.54) is 10.6 Å². The normalized spacial score (nSPS) is 10.9. The highest BCUT2D eigenvalue weighted by Crippen LogP contribution is 2.33. The van der Waals surface area contributed by atoms with Gasteiger partial charge in [0, 0.05) is 29.8 Å². The van der Waals surface area contributed by atoms with Crippen molar-refractivity contribution in [3.63, 3.8) is 0 Å².